The molecule has 29 heavy (non-hydrogen) atoms. The molecule has 0 bridgehead atoms. The third kappa shape index (κ3) is 9.96. The van der Waals surface area contributed by atoms with Gasteiger partial charge >= 0.3 is 5.97 Å². The fourth-order valence-electron chi connectivity index (χ4n) is 3.61. The van der Waals surface area contributed by atoms with E-state index in [1.807, 2.05) is 13.8 Å². The van der Waals surface area contributed by atoms with Crippen molar-refractivity contribution < 1.29 is 19.4 Å². The molecule has 0 aliphatic rings. The SMILES string of the molecule is Cc1cc(CCCCC(C)(C)OC=O)ccc1CCCCCCC(C)(C)C(=O)O. The summed E-state index contributed by atoms with van der Waals surface area (Å²) in [5.74, 6) is -0.703. The Hall–Kier alpha value is -1.84. The third-order valence-corrected chi connectivity index (χ3v) is 5.85. The van der Waals surface area contributed by atoms with Gasteiger partial charge in [0.15, 0.2) is 0 Å². The Balaban J connectivity index is 2.29. The van der Waals surface area contributed by atoms with E-state index in [0.29, 0.717) is 6.47 Å². The number of ether oxygens (including phenoxy) is 1. The maximum atomic E-state index is 11.1. The summed E-state index contributed by atoms with van der Waals surface area (Å²) in [6.07, 6.45) is 10.3. The van der Waals surface area contributed by atoms with Gasteiger partial charge in [0.05, 0.1) is 5.41 Å². The summed E-state index contributed by atoms with van der Waals surface area (Å²) in [5, 5.41) is 9.15. The predicted molar refractivity (Wildman–Crippen MR) is 118 cm³/mol. The molecule has 1 aromatic rings. The molecule has 0 saturated heterocycles. The lowest BCUT2D eigenvalue weighted by molar-refractivity contribution is -0.147. The van der Waals surface area contributed by atoms with E-state index < -0.39 is 11.4 Å². The zero-order chi connectivity index (χ0) is 21.9. The number of hydrogen-bond acceptors (Lipinski definition) is 3. The Bertz CT molecular complexity index is 646. The number of carbonyl (C=O) groups excluding carboxylic acids is 1. The first-order chi connectivity index (χ1) is 13.6. The molecule has 0 atom stereocenters. The summed E-state index contributed by atoms with van der Waals surface area (Å²) in [5.41, 5.74) is 3.17. The fourth-order valence-corrected chi connectivity index (χ4v) is 3.61. The second-order valence-electron chi connectivity index (χ2n) is 9.54. The Labute approximate surface area is 177 Å². The van der Waals surface area contributed by atoms with Crippen LogP contribution in [0.1, 0.15) is 95.8 Å². The summed E-state index contributed by atoms with van der Waals surface area (Å²) in [7, 11) is 0. The van der Waals surface area contributed by atoms with E-state index in [2.05, 4.69) is 25.1 Å². The largest absolute Gasteiger partial charge is 0.481 e. The number of carbonyl (C=O) groups is 2. The van der Waals surface area contributed by atoms with Gasteiger partial charge in [-0.05, 0) is 96.3 Å². The minimum atomic E-state index is -0.703. The van der Waals surface area contributed by atoms with Crippen LogP contribution in [0.25, 0.3) is 0 Å². The number of carboxylic acids is 1. The molecule has 1 N–H and O–H groups in total. The number of rotatable bonds is 15. The number of carboxylic acid groups (broad SMARTS) is 1. The molecule has 4 heteroatoms. The fraction of sp³-hybridized carbons (Fsp3) is 0.680. The molecule has 4 nitrogen and oxygen atoms in total. The van der Waals surface area contributed by atoms with Gasteiger partial charge in [0.25, 0.3) is 6.47 Å². The van der Waals surface area contributed by atoms with E-state index in [-0.39, 0.29) is 5.60 Å². The average Bonchev–Trinajstić information content (AvgIpc) is 2.63. The van der Waals surface area contributed by atoms with Gasteiger partial charge in [-0.25, -0.2) is 0 Å². The van der Waals surface area contributed by atoms with Gasteiger partial charge in [-0.3, -0.25) is 9.59 Å². The number of unbranched alkanes of at least 4 members (excludes halogenated alkanes) is 4. The van der Waals surface area contributed by atoms with Crippen molar-refractivity contribution in [2.45, 2.75) is 104 Å². The second-order valence-corrected chi connectivity index (χ2v) is 9.54. The zero-order valence-corrected chi connectivity index (χ0v) is 19.1. The van der Waals surface area contributed by atoms with Crippen molar-refractivity contribution >= 4 is 12.4 Å². The minimum absolute atomic E-state index is 0.370. The molecule has 0 aromatic heterocycles. The van der Waals surface area contributed by atoms with Crippen LogP contribution in [0.2, 0.25) is 0 Å². The maximum absolute atomic E-state index is 11.1. The highest BCUT2D eigenvalue weighted by atomic mass is 16.5. The predicted octanol–water partition coefficient (Wildman–Crippen LogP) is 6.26. The molecule has 0 spiro atoms. The molecule has 0 saturated carbocycles. The molecule has 1 aromatic carbocycles. The quantitative estimate of drug-likeness (QED) is 0.277. The molecule has 0 heterocycles. The van der Waals surface area contributed by atoms with Gasteiger partial charge in [0, 0.05) is 0 Å². The van der Waals surface area contributed by atoms with Gasteiger partial charge in [-0.2, -0.15) is 0 Å². The van der Waals surface area contributed by atoms with Gasteiger partial charge < -0.3 is 9.84 Å². The molecular formula is C25H40O4. The molecular weight excluding hydrogens is 364 g/mol. The Morgan fingerprint density at radius 3 is 2.21 bits per heavy atom. The highest BCUT2D eigenvalue weighted by Gasteiger charge is 2.25. The second kappa shape index (κ2) is 12.0. The lowest BCUT2D eigenvalue weighted by atomic mass is 9.87. The van der Waals surface area contributed by atoms with E-state index in [1.54, 1.807) is 13.8 Å². The lowest BCUT2D eigenvalue weighted by Gasteiger charge is -2.22. The molecule has 164 valence electrons. The van der Waals surface area contributed by atoms with Crippen molar-refractivity contribution in [1.29, 1.82) is 0 Å². The summed E-state index contributed by atoms with van der Waals surface area (Å²) < 4.78 is 5.10. The molecule has 0 aliphatic carbocycles. The van der Waals surface area contributed by atoms with E-state index in [4.69, 9.17) is 9.84 Å². The van der Waals surface area contributed by atoms with Gasteiger partial charge in [0.1, 0.15) is 5.60 Å². The van der Waals surface area contributed by atoms with Crippen molar-refractivity contribution in [2.24, 2.45) is 5.41 Å². The van der Waals surface area contributed by atoms with E-state index in [9.17, 15) is 9.59 Å². The van der Waals surface area contributed by atoms with Gasteiger partial charge in [-0.15, -0.1) is 0 Å². The number of hydrogen-bond donors (Lipinski definition) is 1. The maximum Gasteiger partial charge on any atom is 0.309 e. The first kappa shape index (κ1) is 25.2. The monoisotopic (exact) mass is 404 g/mol. The average molecular weight is 405 g/mol. The van der Waals surface area contributed by atoms with Crippen LogP contribution < -0.4 is 0 Å². The number of aliphatic carboxylic acids is 1. The normalized spacial score (nSPS) is 12.0. The summed E-state index contributed by atoms with van der Waals surface area (Å²) in [6, 6.07) is 6.81. The van der Waals surface area contributed by atoms with Crippen LogP contribution in [0.15, 0.2) is 18.2 Å². The molecule has 0 unspecified atom stereocenters. The van der Waals surface area contributed by atoms with Crippen molar-refractivity contribution in [3.63, 3.8) is 0 Å². The van der Waals surface area contributed by atoms with Crippen molar-refractivity contribution in [2.75, 3.05) is 0 Å². The number of benzene rings is 1. The van der Waals surface area contributed by atoms with Crippen LogP contribution in [0, 0.1) is 12.3 Å². The highest BCUT2D eigenvalue weighted by molar-refractivity contribution is 5.73. The Kier molecular flexibility index (Phi) is 10.4. The topological polar surface area (TPSA) is 63.6 Å². The molecule has 0 amide bonds. The molecule has 0 radical (unpaired) electrons. The first-order valence-corrected chi connectivity index (χ1v) is 11.0. The van der Waals surface area contributed by atoms with Gasteiger partial charge in [0.2, 0.25) is 0 Å². The Morgan fingerprint density at radius 1 is 0.966 bits per heavy atom. The van der Waals surface area contributed by atoms with Crippen molar-refractivity contribution in [3.05, 3.63) is 34.9 Å². The van der Waals surface area contributed by atoms with Gasteiger partial charge in [-0.1, -0.05) is 37.5 Å². The lowest BCUT2D eigenvalue weighted by Crippen LogP contribution is -2.23. The van der Waals surface area contributed by atoms with Crippen LogP contribution in [0.5, 0.6) is 0 Å². The van der Waals surface area contributed by atoms with Crippen LogP contribution in [0.3, 0.4) is 0 Å². The van der Waals surface area contributed by atoms with Crippen LogP contribution in [0.4, 0.5) is 0 Å². The minimum Gasteiger partial charge on any atom is -0.481 e. The van der Waals surface area contributed by atoms with E-state index >= 15 is 0 Å². The van der Waals surface area contributed by atoms with Crippen molar-refractivity contribution in [1.82, 2.24) is 0 Å². The zero-order valence-electron chi connectivity index (χ0n) is 19.1. The smallest absolute Gasteiger partial charge is 0.309 e. The third-order valence-electron chi connectivity index (χ3n) is 5.85. The summed E-state index contributed by atoms with van der Waals surface area (Å²) in [6.45, 7) is 10.2. The molecule has 0 fully saturated rings. The van der Waals surface area contributed by atoms with Crippen LogP contribution >= 0.6 is 0 Å². The molecule has 0 aliphatic heterocycles. The van der Waals surface area contributed by atoms with Crippen molar-refractivity contribution in [3.8, 4) is 0 Å². The summed E-state index contributed by atoms with van der Waals surface area (Å²) in [4.78, 5) is 21.6. The number of aryl methyl sites for hydroxylation is 3. The molecule has 1 rings (SSSR count). The van der Waals surface area contributed by atoms with Crippen LogP contribution in [-0.2, 0) is 27.2 Å². The highest BCUT2D eigenvalue weighted by Crippen LogP contribution is 2.24. The Morgan fingerprint density at radius 2 is 1.59 bits per heavy atom. The van der Waals surface area contributed by atoms with E-state index in [0.717, 1.165) is 64.2 Å². The standard InChI is InChI=1S/C25H40O4/c1-20-18-21(12-9-11-17-25(4,5)29-19-26)14-15-22(20)13-8-6-7-10-16-24(2,3)23(27)28/h14-15,18-19H,6-13,16-17H2,1-5H3,(H,27,28). The first-order valence-electron chi connectivity index (χ1n) is 11.0. The van der Waals surface area contributed by atoms with Crippen LogP contribution in [-0.4, -0.2) is 23.1 Å². The van der Waals surface area contributed by atoms with E-state index in [1.165, 1.54) is 16.7 Å². The summed E-state index contributed by atoms with van der Waals surface area (Å²) >= 11 is 0.